The smallest absolute Gasteiger partial charge is 0.232 e. The van der Waals surface area contributed by atoms with Crippen molar-refractivity contribution in [3.05, 3.63) is 47.3 Å². The monoisotopic (exact) mass is 357 g/mol. The van der Waals surface area contributed by atoms with Crippen molar-refractivity contribution in [3.63, 3.8) is 0 Å². The minimum absolute atomic E-state index is 0.567. The minimum Gasteiger partial charge on any atom is -0.475 e. The summed E-state index contributed by atoms with van der Waals surface area (Å²) in [7, 11) is 4.03. The van der Waals surface area contributed by atoms with E-state index in [4.69, 9.17) is 4.74 Å². The fraction of sp³-hybridized carbons (Fsp3) is 0.400. The van der Waals surface area contributed by atoms with Crippen molar-refractivity contribution in [2.24, 2.45) is 0 Å². The molecule has 2 rings (SSSR count). The van der Waals surface area contributed by atoms with E-state index >= 15 is 0 Å². The van der Waals surface area contributed by atoms with Crippen LogP contribution in [0.15, 0.2) is 40.5 Å². The predicted molar refractivity (Wildman–Crippen MR) is 105 cm³/mol. The lowest BCUT2D eigenvalue weighted by Gasteiger charge is -2.13. The Hall–Kier alpha value is -1.85. The zero-order chi connectivity index (χ0) is 18.4. The van der Waals surface area contributed by atoms with Crippen molar-refractivity contribution in [3.8, 4) is 5.88 Å². The van der Waals surface area contributed by atoms with Gasteiger partial charge in [-0.05, 0) is 76.2 Å². The SMILES string of the molecule is CC=C(C)c1c(C)cc(Sc2cnc(OCCN(C)C)cn2)cc1C. The fourth-order valence-corrected chi connectivity index (χ4v) is 3.56. The summed E-state index contributed by atoms with van der Waals surface area (Å²) in [5.74, 6) is 0.567. The molecule has 1 heterocycles. The van der Waals surface area contributed by atoms with Crippen LogP contribution in [0.4, 0.5) is 0 Å². The van der Waals surface area contributed by atoms with Gasteiger partial charge in [0.1, 0.15) is 11.6 Å². The molecule has 0 aliphatic rings. The van der Waals surface area contributed by atoms with Gasteiger partial charge in [0.25, 0.3) is 0 Å². The van der Waals surface area contributed by atoms with Gasteiger partial charge in [0.15, 0.2) is 0 Å². The molecule has 25 heavy (non-hydrogen) atoms. The van der Waals surface area contributed by atoms with E-state index in [1.165, 1.54) is 27.2 Å². The van der Waals surface area contributed by atoms with E-state index in [1.807, 2.05) is 14.1 Å². The summed E-state index contributed by atoms with van der Waals surface area (Å²) >= 11 is 1.62. The molecule has 0 atom stereocenters. The van der Waals surface area contributed by atoms with Gasteiger partial charge >= 0.3 is 0 Å². The predicted octanol–water partition coefficient (Wildman–Crippen LogP) is 4.61. The summed E-state index contributed by atoms with van der Waals surface area (Å²) in [6.45, 7) is 10.0. The molecule has 134 valence electrons. The maximum absolute atomic E-state index is 5.58. The molecule has 1 aromatic heterocycles. The Morgan fingerprint density at radius 2 is 1.84 bits per heavy atom. The fourth-order valence-electron chi connectivity index (χ4n) is 2.63. The average molecular weight is 358 g/mol. The topological polar surface area (TPSA) is 38.2 Å². The Labute approximate surface area is 155 Å². The third kappa shape index (κ3) is 5.58. The first-order chi connectivity index (χ1) is 11.9. The number of rotatable bonds is 7. The first-order valence-electron chi connectivity index (χ1n) is 8.42. The Morgan fingerprint density at radius 3 is 2.36 bits per heavy atom. The van der Waals surface area contributed by atoms with Crippen LogP contribution in [0.25, 0.3) is 5.57 Å². The molecule has 5 heteroatoms. The second kappa shape index (κ2) is 9.02. The summed E-state index contributed by atoms with van der Waals surface area (Å²) < 4.78 is 5.58. The van der Waals surface area contributed by atoms with Crippen LogP contribution in [-0.2, 0) is 0 Å². The van der Waals surface area contributed by atoms with Crippen LogP contribution in [0.5, 0.6) is 5.88 Å². The molecule has 0 amide bonds. The lowest BCUT2D eigenvalue weighted by Crippen LogP contribution is -2.19. The molecular formula is C20H27N3OS. The van der Waals surface area contributed by atoms with Gasteiger partial charge in [-0.2, -0.15) is 0 Å². The quantitative estimate of drug-likeness (QED) is 0.723. The Morgan fingerprint density at radius 1 is 1.16 bits per heavy atom. The van der Waals surface area contributed by atoms with Gasteiger partial charge in [0.05, 0.1) is 12.4 Å². The maximum atomic E-state index is 5.58. The highest BCUT2D eigenvalue weighted by molar-refractivity contribution is 7.99. The lowest BCUT2D eigenvalue weighted by atomic mass is 9.97. The summed E-state index contributed by atoms with van der Waals surface area (Å²) in [6, 6.07) is 4.42. The zero-order valence-corrected chi connectivity index (χ0v) is 16.8. The molecule has 2 aromatic rings. The lowest BCUT2D eigenvalue weighted by molar-refractivity contribution is 0.252. The van der Waals surface area contributed by atoms with E-state index in [0.29, 0.717) is 12.5 Å². The molecule has 0 spiro atoms. The minimum atomic E-state index is 0.567. The second-order valence-corrected chi connectivity index (χ2v) is 7.44. The van der Waals surface area contributed by atoms with E-state index in [2.05, 4.69) is 60.8 Å². The molecule has 1 aromatic carbocycles. The van der Waals surface area contributed by atoms with Gasteiger partial charge < -0.3 is 9.64 Å². The number of aromatic nitrogens is 2. The number of aryl methyl sites for hydroxylation is 2. The molecule has 4 nitrogen and oxygen atoms in total. The van der Waals surface area contributed by atoms with Crippen LogP contribution in [0, 0.1) is 13.8 Å². The highest BCUT2D eigenvalue weighted by atomic mass is 32.2. The van der Waals surface area contributed by atoms with E-state index in [0.717, 1.165) is 11.6 Å². The van der Waals surface area contributed by atoms with Crippen LogP contribution >= 0.6 is 11.8 Å². The molecule has 0 aliphatic carbocycles. The second-order valence-electron chi connectivity index (χ2n) is 6.35. The Balaban J connectivity index is 2.07. The Kier molecular flexibility index (Phi) is 7.02. The van der Waals surface area contributed by atoms with E-state index in [9.17, 15) is 0 Å². The van der Waals surface area contributed by atoms with Gasteiger partial charge in [0.2, 0.25) is 5.88 Å². The van der Waals surface area contributed by atoms with Crippen molar-refractivity contribution in [2.45, 2.75) is 37.6 Å². The molecule has 0 radical (unpaired) electrons. The number of hydrogen-bond donors (Lipinski definition) is 0. The van der Waals surface area contributed by atoms with Gasteiger partial charge in [-0.1, -0.05) is 17.8 Å². The largest absolute Gasteiger partial charge is 0.475 e. The third-order valence-electron chi connectivity index (χ3n) is 3.95. The maximum Gasteiger partial charge on any atom is 0.232 e. The first-order valence-corrected chi connectivity index (χ1v) is 9.24. The van der Waals surface area contributed by atoms with Crippen LogP contribution in [0.2, 0.25) is 0 Å². The number of ether oxygens (including phenoxy) is 1. The third-order valence-corrected chi connectivity index (χ3v) is 4.84. The van der Waals surface area contributed by atoms with Gasteiger partial charge in [-0.25, -0.2) is 9.97 Å². The summed E-state index contributed by atoms with van der Waals surface area (Å²) in [5, 5.41) is 0.870. The summed E-state index contributed by atoms with van der Waals surface area (Å²) in [6.07, 6.45) is 5.62. The average Bonchev–Trinajstić information content (AvgIpc) is 2.55. The number of hydrogen-bond acceptors (Lipinski definition) is 5. The standard InChI is InChI=1S/C20H27N3OS/c1-7-14(2)20-15(3)10-17(11-16(20)4)25-19-13-21-18(12-22-19)24-9-8-23(5)6/h7,10-13H,8-9H2,1-6H3. The van der Waals surface area contributed by atoms with Crippen LogP contribution in [0.3, 0.4) is 0 Å². The highest BCUT2D eigenvalue weighted by Gasteiger charge is 2.09. The molecule has 0 unspecified atom stereocenters. The molecule has 0 fully saturated rings. The van der Waals surface area contributed by atoms with Crippen molar-refractivity contribution >= 4 is 17.3 Å². The highest BCUT2D eigenvalue weighted by Crippen LogP contribution is 2.32. The molecule has 0 aliphatic heterocycles. The van der Waals surface area contributed by atoms with E-state index < -0.39 is 0 Å². The Bertz CT molecular complexity index is 716. The number of nitrogens with zero attached hydrogens (tertiary/aromatic N) is 3. The van der Waals surface area contributed by atoms with Crippen molar-refractivity contribution in [1.29, 1.82) is 0 Å². The molecular weight excluding hydrogens is 330 g/mol. The van der Waals surface area contributed by atoms with E-state index in [-0.39, 0.29) is 0 Å². The van der Waals surface area contributed by atoms with Crippen LogP contribution in [0.1, 0.15) is 30.5 Å². The molecule has 0 saturated heterocycles. The normalized spacial score (nSPS) is 11.9. The zero-order valence-electron chi connectivity index (χ0n) is 16.0. The van der Waals surface area contributed by atoms with E-state index in [1.54, 1.807) is 24.2 Å². The van der Waals surface area contributed by atoms with Gasteiger partial charge in [-0.15, -0.1) is 0 Å². The van der Waals surface area contributed by atoms with Crippen molar-refractivity contribution in [1.82, 2.24) is 14.9 Å². The molecule has 0 saturated carbocycles. The molecule has 0 bridgehead atoms. The number of allylic oxidation sites excluding steroid dienone is 2. The summed E-state index contributed by atoms with van der Waals surface area (Å²) in [5.41, 5.74) is 5.22. The number of benzene rings is 1. The van der Waals surface area contributed by atoms with Crippen LogP contribution < -0.4 is 4.74 Å². The van der Waals surface area contributed by atoms with Crippen molar-refractivity contribution in [2.75, 3.05) is 27.2 Å². The molecule has 0 N–H and O–H groups in total. The van der Waals surface area contributed by atoms with Crippen LogP contribution in [-0.4, -0.2) is 42.1 Å². The van der Waals surface area contributed by atoms with Gasteiger partial charge in [0, 0.05) is 11.4 Å². The summed E-state index contributed by atoms with van der Waals surface area (Å²) in [4.78, 5) is 12.0. The van der Waals surface area contributed by atoms with Crippen molar-refractivity contribution < 1.29 is 4.74 Å². The number of likely N-dealkylation sites (N-methyl/N-ethyl adjacent to an activating group) is 1. The first kappa shape index (κ1) is 19.5. The van der Waals surface area contributed by atoms with Gasteiger partial charge in [-0.3, -0.25) is 0 Å².